The SMILES string of the molecule is c1ccc(-c2nc3ccc4ccc(N(c5ccc(-c6ccccc6-c6ccccc6)cc5)c5ccccc5-c5ccccc5)cc4c3o2)cc1. The van der Waals surface area contributed by atoms with Gasteiger partial charge in [-0.1, -0.05) is 146 Å². The van der Waals surface area contributed by atoms with Gasteiger partial charge in [0.1, 0.15) is 5.52 Å². The van der Waals surface area contributed by atoms with Gasteiger partial charge in [0.25, 0.3) is 0 Å². The molecule has 0 fully saturated rings. The standard InChI is InChI=1S/C47H32N2O/c1-4-14-33(15-5-1)40-20-10-11-21-41(40)35-24-28-38(29-25-35)49(45-23-13-12-22-42(45)34-16-6-2-7-17-34)39-30-26-36-27-31-44-46(43(36)32-39)50-47(48-44)37-18-8-3-9-19-37/h1-32H. The third kappa shape index (κ3) is 5.41. The van der Waals surface area contributed by atoms with Gasteiger partial charge in [0.05, 0.1) is 5.69 Å². The van der Waals surface area contributed by atoms with Gasteiger partial charge in [-0.25, -0.2) is 4.98 Å². The zero-order chi connectivity index (χ0) is 33.3. The number of aromatic nitrogens is 1. The van der Waals surface area contributed by atoms with Crippen molar-refractivity contribution in [2.45, 2.75) is 0 Å². The van der Waals surface area contributed by atoms with Gasteiger partial charge in [0.2, 0.25) is 5.89 Å². The lowest BCUT2D eigenvalue weighted by atomic mass is 9.94. The highest BCUT2D eigenvalue weighted by Crippen LogP contribution is 2.43. The van der Waals surface area contributed by atoms with Crippen LogP contribution in [-0.4, -0.2) is 4.98 Å². The summed E-state index contributed by atoms with van der Waals surface area (Å²) in [4.78, 5) is 7.21. The van der Waals surface area contributed by atoms with Crippen LogP contribution in [0.4, 0.5) is 17.1 Å². The lowest BCUT2D eigenvalue weighted by Gasteiger charge is -2.28. The third-order valence-corrected chi connectivity index (χ3v) is 9.31. The average molecular weight is 641 g/mol. The van der Waals surface area contributed by atoms with Crippen molar-refractivity contribution in [3.05, 3.63) is 194 Å². The summed E-state index contributed by atoms with van der Waals surface area (Å²) >= 11 is 0. The first kappa shape index (κ1) is 29.4. The van der Waals surface area contributed by atoms with Crippen molar-refractivity contribution in [2.75, 3.05) is 4.90 Å². The number of fused-ring (bicyclic) bond motifs is 3. The molecule has 0 saturated carbocycles. The molecule has 0 saturated heterocycles. The van der Waals surface area contributed by atoms with Gasteiger partial charge < -0.3 is 9.32 Å². The van der Waals surface area contributed by atoms with Crippen LogP contribution < -0.4 is 4.90 Å². The first-order chi connectivity index (χ1) is 24.8. The Morgan fingerprint density at radius 3 is 1.56 bits per heavy atom. The van der Waals surface area contributed by atoms with Crippen LogP contribution in [-0.2, 0) is 0 Å². The van der Waals surface area contributed by atoms with E-state index in [-0.39, 0.29) is 0 Å². The highest BCUT2D eigenvalue weighted by molar-refractivity contribution is 6.06. The highest BCUT2D eigenvalue weighted by Gasteiger charge is 2.19. The van der Waals surface area contributed by atoms with Crippen molar-refractivity contribution in [2.24, 2.45) is 0 Å². The summed E-state index contributed by atoms with van der Waals surface area (Å²) in [5.74, 6) is 0.621. The fraction of sp³-hybridized carbons (Fsp3) is 0. The first-order valence-electron chi connectivity index (χ1n) is 16.9. The summed E-state index contributed by atoms with van der Waals surface area (Å²) in [6, 6.07) is 68.2. The van der Waals surface area contributed by atoms with Crippen LogP contribution in [0.15, 0.2) is 199 Å². The molecule has 1 heterocycles. The minimum atomic E-state index is 0.621. The predicted octanol–water partition coefficient (Wildman–Crippen LogP) is 13.1. The summed E-state index contributed by atoms with van der Waals surface area (Å²) in [5.41, 5.74) is 12.9. The van der Waals surface area contributed by atoms with Crippen LogP contribution in [0.25, 0.3) is 66.7 Å². The van der Waals surface area contributed by atoms with E-state index in [0.717, 1.165) is 55.6 Å². The van der Waals surface area contributed by atoms with Gasteiger partial charge in [0, 0.05) is 27.9 Å². The zero-order valence-electron chi connectivity index (χ0n) is 27.3. The normalized spacial score (nSPS) is 11.2. The number of hydrogen-bond acceptors (Lipinski definition) is 3. The molecule has 3 nitrogen and oxygen atoms in total. The summed E-state index contributed by atoms with van der Waals surface area (Å²) in [6.07, 6.45) is 0. The van der Waals surface area contributed by atoms with Crippen LogP contribution in [0, 0.1) is 0 Å². The minimum absolute atomic E-state index is 0.621. The molecule has 0 N–H and O–H groups in total. The molecule has 0 aliphatic heterocycles. The van der Waals surface area contributed by atoms with Gasteiger partial charge in [-0.15, -0.1) is 0 Å². The van der Waals surface area contributed by atoms with E-state index in [4.69, 9.17) is 9.40 Å². The van der Waals surface area contributed by atoms with Crippen molar-refractivity contribution in [3.63, 3.8) is 0 Å². The number of benzene rings is 8. The fourth-order valence-electron chi connectivity index (χ4n) is 6.89. The molecular formula is C47H32N2O. The Kier molecular flexibility index (Phi) is 7.49. The molecule has 0 aliphatic rings. The topological polar surface area (TPSA) is 29.3 Å². The molecule has 50 heavy (non-hydrogen) atoms. The minimum Gasteiger partial charge on any atom is -0.435 e. The van der Waals surface area contributed by atoms with Crippen molar-refractivity contribution < 1.29 is 4.42 Å². The van der Waals surface area contributed by atoms with E-state index in [1.54, 1.807) is 0 Å². The number of rotatable bonds is 7. The molecule has 236 valence electrons. The van der Waals surface area contributed by atoms with E-state index >= 15 is 0 Å². The maximum Gasteiger partial charge on any atom is 0.227 e. The van der Waals surface area contributed by atoms with Crippen molar-refractivity contribution >= 4 is 38.9 Å². The molecule has 3 heteroatoms. The Balaban J connectivity index is 1.21. The van der Waals surface area contributed by atoms with Crippen molar-refractivity contribution in [3.8, 4) is 44.8 Å². The smallest absolute Gasteiger partial charge is 0.227 e. The Hall–Kier alpha value is -6.71. The number of para-hydroxylation sites is 1. The quantitative estimate of drug-likeness (QED) is 0.174. The third-order valence-electron chi connectivity index (χ3n) is 9.31. The maximum atomic E-state index is 6.49. The molecule has 0 atom stereocenters. The van der Waals surface area contributed by atoms with Gasteiger partial charge >= 0.3 is 0 Å². The molecule has 0 spiro atoms. The van der Waals surface area contributed by atoms with Crippen molar-refractivity contribution in [1.29, 1.82) is 0 Å². The number of oxazole rings is 1. The van der Waals surface area contributed by atoms with Crippen LogP contribution in [0.5, 0.6) is 0 Å². The van der Waals surface area contributed by atoms with Crippen LogP contribution in [0.2, 0.25) is 0 Å². The van der Waals surface area contributed by atoms with Gasteiger partial charge in [0.15, 0.2) is 5.58 Å². The molecule has 8 aromatic carbocycles. The monoisotopic (exact) mass is 640 g/mol. The van der Waals surface area contributed by atoms with Gasteiger partial charge in [-0.05, 0) is 81.7 Å². The van der Waals surface area contributed by atoms with E-state index in [2.05, 4.69) is 163 Å². The average Bonchev–Trinajstić information content (AvgIpc) is 3.65. The number of anilines is 3. The Morgan fingerprint density at radius 1 is 0.400 bits per heavy atom. The molecule has 9 aromatic rings. The second kappa shape index (κ2) is 12.7. The summed E-state index contributed by atoms with van der Waals surface area (Å²) in [6.45, 7) is 0. The molecule has 0 bridgehead atoms. The Labute approximate surface area is 291 Å². The second-order valence-electron chi connectivity index (χ2n) is 12.4. The molecule has 0 aliphatic carbocycles. The largest absolute Gasteiger partial charge is 0.435 e. The molecular weight excluding hydrogens is 609 g/mol. The maximum absolute atomic E-state index is 6.49. The first-order valence-corrected chi connectivity index (χ1v) is 16.9. The molecule has 0 amide bonds. The van der Waals surface area contributed by atoms with Crippen molar-refractivity contribution in [1.82, 2.24) is 4.98 Å². The zero-order valence-corrected chi connectivity index (χ0v) is 27.3. The second-order valence-corrected chi connectivity index (χ2v) is 12.4. The summed E-state index contributed by atoms with van der Waals surface area (Å²) in [7, 11) is 0. The van der Waals surface area contributed by atoms with E-state index in [1.165, 1.54) is 22.3 Å². The Bertz CT molecular complexity index is 2570. The predicted molar refractivity (Wildman–Crippen MR) is 208 cm³/mol. The summed E-state index contributed by atoms with van der Waals surface area (Å²) < 4.78 is 6.49. The fourth-order valence-corrected chi connectivity index (χ4v) is 6.89. The lowest BCUT2D eigenvalue weighted by molar-refractivity contribution is 0.623. The molecule has 1 aromatic heterocycles. The van der Waals surface area contributed by atoms with Gasteiger partial charge in [-0.2, -0.15) is 0 Å². The van der Waals surface area contributed by atoms with Crippen LogP contribution in [0.1, 0.15) is 0 Å². The van der Waals surface area contributed by atoms with Crippen LogP contribution >= 0.6 is 0 Å². The lowest BCUT2D eigenvalue weighted by Crippen LogP contribution is -2.11. The Morgan fingerprint density at radius 2 is 0.900 bits per heavy atom. The summed E-state index contributed by atoms with van der Waals surface area (Å²) in [5, 5.41) is 2.12. The number of hydrogen-bond donors (Lipinski definition) is 0. The highest BCUT2D eigenvalue weighted by atomic mass is 16.3. The van der Waals surface area contributed by atoms with E-state index in [1.807, 2.05) is 36.4 Å². The van der Waals surface area contributed by atoms with E-state index in [0.29, 0.717) is 5.89 Å². The molecule has 9 rings (SSSR count). The van der Waals surface area contributed by atoms with E-state index < -0.39 is 0 Å². The molecule has 0 unspecified atom stereocenters. The molecule has 0 radical (unpaired) electrons. The van der Waals surface area contributed by atoms with Crippen LogP contribution in [0.3, 0.4) is 0 Å². The number of nitrogens with zero attached hydrogens (tertiary/aromatic N) is 2. The van der Waals surface area contributed by atoms with E-state index in [9.17, 15) is 0 Å². The van der Waals surface area contributed by atoms with Gasteiger partial charge in [-0.3, -0.25) is 0 Å².